The van der Waals surface area contributed by atoms with Gasteiger partial charge < -0.3 is 10.2 Å². The van der Waals surface area contributed by atoms with Crippen LogP contribution >= 0.6 is 11.6 Å². The van der Waals surface area contributed by atoms with E-state index in [1.165, 1.54) is 0 Å². The molecule has 0 aliphatic carbocycles. The minimum Gasteiger partial charge on any atom is -0.332 e. The van der Waals surface area contributed by atoms with Crippen LogP contribution in [0.2, 0.25) is 5.02 Å². The second-order valence-electron chi connectivity index (χ2n) is 6.61. The highest BCUT2D eigenvalue weighted by Gasteiger charge is 2.29. The summed E-state index contributed by atoms with van der Waals surface area (Å²) < 4.78 is 1.72. The van der Waals surface area contributed by atoms with Crippen molar-refractivity contribution < 1.29 is 4.79 Å². The standard InChI is InChI=1S/C19H26ClN5O/c1-3-7-17-22-18(23-25(17)16-9-6-5-8-15(16)20)19(26)24(12-4-2)14-10-11-21-13-14/h5-6,8-9,14,21H,3-4,7,10-13H2,1-2H3. The Kier molecular flexibility index (Phi) is 6.27. The number of nitrogens with zero attached hydrogens (tertiary/aromatic N) is 4. The van der Waals surface area contributed by atoms with Crippen LogP contribution in [0.1, 0.15) is 49.6 Å². The van der Waals surface area contributed by atoms with Crippen LogP contribution < -0.4 is 5.32 Å². The van der Waals surface area contributed by atoms with Crippen molar-refractivity contribution in [1.29, 1.82) is 0 Å². The monoisotopic (exact) mass is 375 g/mol. The summed E-state index contributed by atoms with van der Waals surface area (Å²) in [5, 5.41) is 8.47. The highest BCUT2D eigenvalue weighted by molar-refractivity contribution is 6.32. The predicted molar refractivity (Wildman–Crippen MR) is 103 cm³/mol. The van der Waals surface area contributed by atoms with Crippen LogP contribution in [-0.2, 0) is 6.42 Å². The van der Waals surface area contributed by atoms with E-state index in [1.54, 1.807) is 4.68 Å². The molecule has 1 fully saturated rings. The molecule has 1 unspecified atom stereocenters. The summed E-state index contributed by atoms with van der Waals surface area (Å²) in [7, 11) is 0. The number of amides is 1. The van der Waals surface area contributed by atoms with Crippen LogP contribution in [-0.4, -0.2) is 51.2 Å². The van der Waals surface area contributed by atoms with Gasteiger partial charge in [-0.1, -0.05) is 37.6 Å². The van der Waals surface area contributed by atoms with Gasteiger partial charge in [0.05, 0.1) is 10.7 Å². The van der Waals surface area contributed by atoms with E-state index in [1.807, 2.05) is 29.2 Å². The Balaban J connectivity index is 1.95. The van der Waals surface area contributed by atoms with Gasteiger partial charge in [0.2, 0.25) is 5.82 Å². The molecule has 1 amide bonds. The molecule has 1 saturated heterocycles. The van der Waals surface area contributed by atoms with Crippen molar-refractivity contribution in [3.05, 3.63) is 40.9 Å². The maximum absolute atomic E-state index is 13.1. The molecule has 2 heterocycles. The van der Waals surface area contributed by atoms with Crippen LogP contribution in [0.5, 0.6) is 0 Å². The lowest BCUT2D eigenvalue weighted by atomic mass is 10.2. The Hall–Kier alpha value is -1.92. The van der Waals surface area contributed by atoms with Crippen LogP contribution in [0, 0.1) is 0 Å². The van der Waals surface area contributed by atoms with Crippen molar-refractivity contribution in [3.63, 3.8) is 0 Å². The number of aryl methyl sites for hydroxylation is 1. The summed E-state index contributed by atoms with van der Waals surface area (Å²) in [6, 6.07) is 7.72. The van der Waals surface area contributed by atoms with Crippen LogP contribution in [0.4, 0.5) is 0 Å². The van der Waals surface area contributed by atoms with Gasteiger partial charge in [-0.2, -0.15) is 0 Å². The molecule has 0 spiro atoms. The third kappa shape index (κ3) is 3.91. The number of benzene rings is 1. The van der Waals surface area contributed by atoms with Crippen LogP contribution in [0.25, 0.3) is 5.69 Å². The quantitative estimate of drug-likeness (QED) is 0.807. The minimum atomic E-state index is -0.0938. The van der Waals surface area contributed by atoms with Crippen molar-refractivity contribution >= 4 is 17.5 Å². The normalized spacial score (nSPS) is 16.8. The molecule has 1 aromatic carbocycles. The Morgan fingerprint density at radius 2 is 2.15 bits per heavy atom. The van der Waals surface area contributed by atoms with Gasteiger partial charge >= 0.3 is 0 Å². The number of hydrogen-bond donors (Lipinski definition) is 1. The van der Waals surface area contributed by atoms with Crippen molar-refractivity contribution in [2.24, 2.45) is 0 Å². The second kappa shape index (κ2) is 8.64. The van der Waals surface area contributed by atoms with E-state index < -0.39 is 0 Å². The molecular weight excluding hydrogens is 350 g/mol. The van der Waals surface area contributed by atoms with E-state index >= 15 is 0 Å². The first-order valence-electron chi connectivity index (χ1n) is 9.38. The van der Waals surface area contributed by atoms with Crippen molar-refractivity contribution in [1.82, 2.24) is 25.0 Å². The number of rotatable bonds is 7. The maximum Gasteiger partial charge on any atom is 0.293 e. The van der Waals surface area contributed by atoms with Gasteiger partial charge in [0.15, 0.2) is 0 Å². The number of para-hydroxylation sites is 1. The zero-order valence-corrected chi connectivity index (χ0v) is 16.2. The molecule has 140 valence electrons. The summed E-state index contributed by atoms with van der Waals surface area (Å²) in [5.41, 5.74) is 0.758. The fourth-order valence-electron chi connectivity index (χ4n) is 3.36. The Morgan fingerprint density at radius 3 is 2.81 bits per heavy atom. The predicted octanol–water partition coefficient (Wildman–Crippen LogP) is 3.09. The van der Waals surface area contributed by atoms with Crippen LogP contribution in [0.15, 0.2) is 24.3 Å². The molecule has 0 radical (unpaired) electrons. The van der Waals surface area contributed by atoms with Gasteiger partial charge in [0.25, 0.3) is 5.91 Å². The van der Waals surface area contributed by atoms with Crippen LogP contribution in [0.3, 0.4) is 0 Å². The molecule has 3 rings (SSSR count). The fourth-order valence-corrected chi connectivity index (χ4v) is 3.58. The molecule has 1 aromatic heterocycles. The average Bonchev–Trinajstić information content (AvgIpc) is 3.30. The van der Waals surface area contributed by atoms with E-state index in [0.717, 1.165) is 56.8 Å². The third-order valence-corrected chi connectivity index (χ3v) is 4.94. The highest BCUT2D eigenvalue weighted by Crippen LogP contribution is 2.22. The number of halogens is 1. The van der Waals surface area contributed by atoms with Gasteiger partial charge in [-0.3, -0.25) is 4.79 Å². The van der Waals surface area contributed by atoms with E-state index in [2.05, 4.69) is 29.2 Å². The SMILES string of the molecule is CCCc1nc(C(=O)N(CCC)C2CCNC2)nn1-c1ccccc1Cl. The zero-order chi connectivity index (χ0) is 18.5. The van der Waals surface area contributed by atoms with E-state index in [4.69, 9.17) is 11.6 Å². The lowest BCUT2D eigenvalue weighted by molar-refractivity contribution is 0.0679. The lowest BCUT2D eigenvalue weighted by Crippen LogP contribution is -2.42. The Labute approximate surface area is 159 Å². The lowest BCUT2D eigenvalue weighted by Gasteiger charge is -2.26. The molecule has 2 aromatic rings. The number of carbonyl (C=O) groups excluding carboxylic acids is 1. The Morgan fingerprint density at radius 1 is 1.35 bits per heavy atom. The first-order valence-corrected chi connectivity index (χ1v) is 9.76. The molecule has 1 atom stereocenters. The molecule has 0 bridgehead atoms. The summed E-state index contributed by atoms with van der Waals surface area (Å²) in [6.07, 6.45) is 3.54. The van der Waals surface area contributed by atoms with Gasteiger partial charge in [-0.15, -0.1) is 5.10 Å². The molecule has 1 N–H and O–H groups in total. The molecule has 26 heavy (non-hydrogen) atoms. The van der Waals surface area contributed by atoms with Gasteiger partial charge in [0, 0.05) is 25.6 Å². The van der Waals surface area contributed by atoms with E-state index in [-0.39, 0.29) is 17.8 Å². The topological polar surface area (TPSA) is 63.1 Å². The first-order chi connectivity index (χ1) is 12.7. The summed E-state index contributed by atoms with van der Waals surface area (Å²) in [4.78, 5) is 19.6. The number of nitrogens with one attached hydrogen (secondary N) is 1. The summed E-state index contributed by atoms with van der Waals surface area (Å²) in [5.74, 6) is 0.933. The van der Waals surface area contributed by atoms with Gasteiger partial charge in [-0.25, -0.2) is 9.67 Å². The number of aromatic nitrogens is 3. The molecule has 1 aliphatic rings. The number of carbonyl (C=O) groups is 1. The van der Waals surface area contributed by atoms with Crippen molar-refractivity contribution in [2.45, 2.75) is 45.6 Å². The highest BCUT2D eigenvalue weighted by atomic mass is 35.5. The van der Waals surface area contributed by atoms with Crippen molar-refractivity contribution in [2.75, 3.05) is 19.6 Å². The third-order valence-electron chi connectivity index (χ3n) is 4.62. The minimum absolute atomic E-state index is 0.0938. The Bertz CT molecular complexity index is 754. The maximum atomic E-state index is 13.1. The van der Waals surface area contributed by atoms with E-state index in [9.17, 15) is 4.79 Å². The fraction of sp³-hybridized carbons (Fsp3) is 0.526. The molecule has 0 saturated carbocycles. The van der Waals surface area contributed by atoms with Crippen molar-refractivity contribution in [3.8, 4) is 5.69 Å². The zero-order valence-electron chi connectivity index (χ0n) is 15.4. The second-order valence-corrected chi connectivity index (χ2v) is 7.02. The smallest absolute Gasteiger partial charge is 0.293 e. The average molecular weight is 376 g/mol. The summed E-state index contributed by atoms with van der Waals surface area (Å²) in [6.45, 7) is 6.66. The first kappa shape index (κ1) is 18.9. The molecule has 6 nitrogen and oxygen atoms in total. The molecule has 1 aliphatic heterocycles. The largest absolute Gasteiger partial charge is 0.332 e. The van der Waals surface area contributed by atoms with Gasteiger partial charge in [-0.05, 0) is 37.9 Å². The van der Waals surface area contributed by atoms with Gasteiger partial charge in [0.1, 0.15) is 5.82 Å². The molecular formula is C19H26ClN5O. The summed E-state index contributed by atoms with van der Waals surface area (Å²) >= 11 is 6.34. The molecule has 7 heteroatoms. The number of hydrogen-bond acceptors (Lipinski definition) is 4. The van der Waals surface area contributed by atoms with E-state index in [0.29, 0.717) is 5.02 Å².